The zero-order chi connectivity index (χ0) is 9.02. The average Bonchev–Trinajstić information content (AvgIpc) is 1.87. The molecule has 1 unspecified atom stereocenters. The maximum Gasteiger partial charge on any atom is 0.321 e. The Morgan fingerprint density at radius 1 is 1.55 bits per heavy atom. The number of rotatable bonds is 3. The third-order valence-corrected chi connectivity index (χ3v) is 1.69. The van der Waals surface area contributed by atoms with Gasteiger partial charge in [-0.2, -0.15) is 0 Å². The lowest BCUT2D eigenvalue weighted by molar-refractivity contribution is -0.140. The van der Waals surface area contributed by atoms with E-state index in [9.17, 15) is 9.59 Å². The van der Waals surface area contributed by atoms with Crippen molar-refractivity contribution in [3.8, 4) is 0 Å². The van der Waals surface area contributed by atoms with Crippen molar-refractivity contribution >= 4 is 44.2 Å². The molecule has 0 saturated heterocycles. The van der Waals surface area contributed by atoms with Crippen LogP contribution < -0.4 is 5.73 Å². The lowest BCUT2D eigenvalue weighted by Gasteiger charge is -2.07. The predicted octanol–water partition coefficient (Wildman–Crippen LogP) is 0.237. The molecule has 3 N–H and O–H groups in total. The Bertz CT molecular complexity index is 173. The summed E-state index contributed by atoms with van der Waals surface area (Å²) in [5.41, 5.74) is 5.07. The van der Waals surface area contributed by atoms with E-state index >= 15 is 0 Å². The van der Waals surface area contributed by atoms with Gasteiger partial charge in [0.2, 0.25) is 5.91 Å². The van der Waals surface area contributed by atoms with Crippen molar-refractivity contribution in [2.75, 3.05) is 0 Å². The van der Waals surface area contributed by atoms with Crippen molar-refractivity contribution in [3.05, 3.63) is 0 Å². The number of aliphatic carboxylic acids is 1. The van der Waals surface area contributed by atoms with Crippen molar-refractivity contribution < 1.29 is 14.7 Å². The van der Waals surface area contributed by atoms with Crippen LogP contribution in [-0.4, -0.2) is 26.0 Å². The molecule has 0 aromatic rings. The first-order valence-electron chi connectivity index (χ1n) is 2.58. The molecule has 0 aliphatic heterocycles. The second kappa shape index (κ2) is 4.68. The lowest BCUT2D eigenvalue weighted by Crippen LogP contribution is -2.34. The number of carbonyl (C=O) groups is 2. The van der Waals surface area contributed by atoms with E-state index < -0.39 is 17.9 Å². The highest BCUT2D eigenvalue weighted by atomic mass is 79.9. The van der Waals surface area contributed by atoms with Gasteiger partial charge in [-0.1, -0.05) is 0 Å². The number of nitrogens with two attached hydrogens (primary N) is 1. The highest BCUT2D eigenvalue weighted by molar-refractivity contribution is 9.21. The van der Waals surface area contributed by atoms with Crippen molar-refractivity contribution in [1.82, 2.24) is 2.95 Å². The SMILES string of the molecule is NC(CC(=O)N(Br)Br)C(=O)O. The maximum atomic E-state index is 10.7. The van der Waals surface area contributed by atoms with Crippen LogP contribution in [0.25, 0.3) is 0 Å². The van der Waals surface area contributed by atoms with E-state index in [-0.39, 0.29) is 6.42 Å². The van der Waals surface area contributed by atoms with Crippen molar-refractivity contribution in [3.63, 3.8) is 0 Å². The molecule has 0 saturated carbocycles. The minimum absolute atomic E-state index is 0.244. The molecule has 0 aromatic heterocycles. The normalized spacial score (nSPS) is 12.3. The molecule has 0 aromatic carbocycles. The summed E-state index contributed by atoms with van der Waals surface area (Å²) in [5, 5.41) is 8.29. The fraction of sp³-hybridized carbons (Fsp3) is 0.500. The molecule has 11 heavy (non-hydrogen) atoms. The van der Waals surface area contributed by atoms with Crippen LogP contribution in [0.15, 0.2) is 0 Å². The van der Waals surface area contributed by atoms with Gasteiger partial charge in [0.1, 0.15) is 6.04 Å². The van der Waals surface area contributed by atoms with Crippen LogP contribution in [0.5, 0.6) is 0 Å². The molecule has 0 rings (SSSR count). The van der Waals surface area contributed by atoms with Gasteiger partial charge in [0.15, 0.2) is 0 Å². The lowest BCUT2D eigenvalue weighted by atomic mass is 10.2. The molecule has 0 fully saturated rings. The fourth-order valence-electron chi connectivity index (χ4n) is 0.344. The Morgan fingerprint density at radius 3 is 2.27 bits per heavy atom. The maximum absolute atomic E-state index is 10.7. The molecular formula is C4H6Br2N2O3. The van der Waals surface area contributed by atoms with E-state index in [1.165, 1.54) is 0 Å². The molecule has 1 amide bonds. The van der Waals surface area contributed by atoms with Crippen molar-refractivity contribution in [2.45, 2.75) is 12.5 Å². The van der Waals surface area contributed by atoms with Crippen LogP contribution in [-0.2, 0) is 9.59 Å². The van der Waals surface area contributed by atoms with Gasteiger partial charge in [0.05, 0.1) is 38.7 Å². The summed E-state index contributed by atoms with van der Waals surface area (Å²) in [7, 11) is 0. The second-order valence-electron chi connectivity index (χ2n) is 1.78. The molecule has 7 heteroatoms. The van der Waals surface area contributed by atoms with Gasteiger partial charge in [-0.15, -0.1) is 0 Å². The van der Waals surface area contributed by atoms with Gasteiger partial charge in [0, 0.05) is 0 Å². The minimum atomic E-state index is -1.19. The first-order chi connectivity index (χ1) is 4.95. The van der Waals surface area contributed by atoms with Crippen molar-refractivity contribution in [2.24, 2.45) is 5.73 Å². The van der Waals surface area contributed by atoms with E-state index in [1.54, 1.807) is 0 Å². The van der Waals surface area contributed by atoms with Crippen LogP contribution in [0.4, 0.5) is 0 Å². The number of amides is 1. The van der Waals surface area contributed by atoms with Crippen LogP contribution in [0.3, 0.4) is 0 Å². The molecular weight excluding hydrogens is 284 g/mol. The van der Waals surface area contributed by atoms with E-state index in [0.717, 1.165) is 2.95 Å². The molecule has 0 heterocycles. The number of halogens is 2. The summed E-state index contributed by atoms with van der Waals surface area (Å²) in [5.74, 6) is -1.64. The second-order valence-corrected chi connectivity index (χ2v) is 4.15. The minimum Gasteiger partial charge on any atom is -0.480 e. The summed E-state index contributed by atoms with van der Waals surface area (Å²) in [4.78, 5) is 20.9. The van der Waals surface area contributed by atoms with E-state index in [0.29, 0.717) is 0 Å². The third kappa shape index (κ3) is 4.33. The van der Waals surface area contributed by atoms with E-state index in [1.807, 2.05) is 0 Å². The summed E-state index contributed by atoms with van der Waals surface area (Å²) in [6, 6.07) is -1.15. The van der Waals surface area contributed by atoms with Crippen LogP contribution in [0, 0.1) is 0 Å². The number of hydrogen-bond donors (Lipinski definition) is 2. The topological polar surface area (TPSA) is 83.6 Å². The van der Waals surface area contributed by atoms with Crippen LogP contribution in [0.2, 0.25) is 0 Å². The average molecular weight is 290 g/mol. The fourth-order valence-corrected chi connectivity index (χ4v) is 0.634. The Kier molecular flexibility index (Phi) is 4.62. The summed E-state index contributed by atoms with van der Waals surface area (Å²) < 4.78 is 0.933. The number of nitrogens with zero attached hydrogens (tertiary/aromatic N) is 1. The van der Waals surface area contributed by atoms with Gasteiger partial charge in [-0.25, -0.2) is 2.95 Å². The number of carbonyl (C=O) groups excluding carboxylic acids is 1. The number of carboxylic acid groups (broad SMARTS) is 1. The molecule has 64 valence electrons. The van der Waals surface area contributed by atoms with E-state index in [4.69, 9.17) is 10.8 Å². The Balaban J connectivity index is 3.85. The number of carboxylic acids is 1. The summed E-state index contributed by atoms with van der Waals surface area (Å²) in [6.45, 7) is 0. The van der Waals surface area contributed by atoms with Gasteiger partial charge >= 0.3 is 5.97 Å². The highest BCUT2D eigenvalue weighted by Gasteiger charge is 2.18. The summed E-state index contributed by atoms with van der Waals surface area (Å²) >= 11 is 5.54. The van der Waals surface area contributed by atoms with Gasteiger partial charge in [0.25, 0.3) is 0 Å². The smallest absolute Gasteiger partial charge is 0.321 e. The third-order valence-electron chi connectivity index (χ3n) is 0.900. The molecule has 5 nitrogen and oxygen atoms in total. The molecule has 0 spiro atoms. The molecule has 0 aliphatic rings. The quantitative estimate of drug-likeness (QED) is 0.729. The monoisotopic (exact) mass is 288 g/mol. The van der Waals surface area contributed by atoms with Gasteiger partial charge in [-0.3, -0.25) is 9.59 Å². The summed E-state index contributed by atoms with van der Waals surface area (Å²) in [6.07, 6.45) is -0.244. The zero-order valence-electron chi connectivity index (χ0n) is 5.33. The Hall–Kier alpha value is -0.140. The molecule has 0 aliphatic carbocycles. The van der Waals surface area contributed by atoms with Crippen molar-refractivity contribution in [1.29, 1.82) is 0 Å². The van der Waals surface area contributed by atoms with Gasteiger partial charge in [-0.05, 0) is 0 Å². The molecule has 1 atom stereocenters. The van der Waals surface area contributed by atoms with E-state index in [2.05, 4.69) is 32.3 Å². The van der Waals surface area contributed by atoms with Crippen LogP contribution in [0.1, 0.15) is 6.42 Å². The molecule has 0 bridgehead atoms. The zero-order valence-corrected chi connectivity index (χ0v) is 8.50. The Morgan fingerprint density at radius 2 is 2.00 bits per heavy atom. The Labute approximate surface area is 80.2 Å². The largest absolute Gasteiger partial charge is 0.480 e. The first kappa shape index (κ1) is 10.9. The van der Waals surface area contributed by atoms with Gasteiger partial charge < -0.3 is 10.8 Å². The molecule has 0 radical (unpaired) electrons. The first-order valence-corrected chi connectivity index (χ1v) is 4.00. The predicted molar refractivity (Wildman–Crippen MR) is 44.9 cm³/mol. The number of hydrogen-bond acceptors (Lipinski definition) is 3. The van der Waals surface area contributed by atoms with Crippen LogP contribution >= 0.6 is 32.3 Å². The highest BCUT2D eigenvalue weighted by Crippen LogP contribution is 2.08. The standard InChI is InChI=1S/C4H6Br2N2O3/c5-8(6)3(9)1-2(7)4(10)11/h2H,1,7H2,(H,10,11).